The van der Waals surface area contributed by atoms with E-state index in [0.717, 1.165) is 6.42 Å². The third kappa shape index (κ3) is 2.82. The second-order valence-corrected chi connectivity index (χ2v) is 5.48. The molecule has 0 aromatic heterocycles. The predicted molar refractivity (Wildman–Crippen MR) is 65.1 cm³/mol. The largest absolute Gasteiger partial charge is 0.325 e. The van der Waals surface area contributed by atoms with Gasteiger partial charge in [0.15, 0.2) is 0 Å². The van der Waals surface area contributed by atoms with Crippen LogP contribution in [-0.2, 0) is 19.3 Å². The molecule has 1 aliphatic rings. The molecule has 82 valence electrons. The van der Waals surface area contributed by atoms with Crippen molar-refractivity contribution in [3.8, 4) is 0 Å². The van der Waals surface area contributed by atoms with Gasteiger partial charge in [-0.05, 0) is 62.6 Å². The highest BCUT2D eigenvalue weighted by Crippen LogP contribution is 2.23. The van der Waals surface area contributed by atoms with Crippen LogP contribution >= 0.6 is 0 Å². The zero-order valence-corrected chi connectivity index (χ0v) is 9.84. The van der Waals surface area contributed by atoms with Gasteiger partial charge in [0.05, 0.1) is 0 Å². The Hall–Kier alpha value is -0.820. The Morgan fingerprint density at radius 3 is 2.47 bits per heavy atom. The van der Waals surface area contributed by atoms with E-state index >= 15 is 0 Å². The molecule has 0 heterocycles. The summed E-state index contributed by atoms with van der Waals surface area (Å²) in [6.45, 7) is 4.18. The first-order valence-electron chi connectivity index (χ1n) is 5.94. The van der Waals surface area contributed by atoms with Gasteiger partial charge in [0.25, 0.3) is 0 Å². The number of rotatable bonds is 2. The second-order valence-electron chi connectivity index (χ2n) is 5.48. The molecule has 1 aliphatic carbocycles. The van der Waals surface area contributed by atoms with Crippen LogP contribution < -0.4 is 5.73 Å². The van der Waals surface area contributed by atoms with Gasteiger partial charge >= 0.3 is 0 Å². The maximum absolute atomic E-state index is 6.04. The number of fused-ring (bicyclic) bond motifs is 1. The lowest BCUT2D eigenvalue weighted by Crippen LogP contribution is -2.34. The SMILES string of the molecule is CC(C)(N)Cc1ccc2c(c1)CCCC2. The third-order valence-corrected chi connectivity index (χ3v) is 3.07. The summed E-state index contributed by atoms with van der Waals surface area (Å²) in [5, 5.41) is 0. The lowest BCUT2D eigenvalue weighted by molar-refractivity contribution is 0.516. The van der Waals surface area contributed by atoms with Gasteiger partial charge < -0.3 is 5.73 Å². The van der Waals surface area contributed by atoms with Crippen LogP contribution in [-0.4, -0.2) is 5.54 Å². The van der Waals surface area contributed by atoms with Crippen molar-refractivity contribution in [2.75, 3.05) is 0 Å². The van der Waals surface area contributed by atoms with Crippen LogP contribution in [0.25, 0.3) is 0 Å². The van der Waals surface area contributed by atoms with E-state index in [9.17, 15) is 0 Å². The maximum atomic E-state index is 6.04. The summed E-state index contributed by atoms with van der Waals surface area (Å²) in [6.07, 6.45) is 6.20. The van der Waals surface area contributed by atoms with Gasteiger partial charge in [0.1, 0.15) is 0 Å². The van der Waals surface area contributed by atoms with Gasteiger partial charge in [0, 0.05) is 5.54 Å². The van der Waals surface area contributed by atoms with Crippen LogP contribution in [0.4, 0.5) is 0 Å². The fourth-order valence-corrected chi connectivity index (χ4v) is 2.42. The summed E-state index contributed by atoms with van der Waals surface area (Å²) in [5.74, 6) is 0. The van der Waals surface area contributed by atoms with Crippen LogP contribution in [0.15, 0.2) is 18.2 Å². The lowest BCUT2D eigenvalue weighted by Gasteiger charge is -2.21. The monoisotopic (exact) mass is 203 g/mol. The van der Waals surface area contributed by atoms with E-state index in [-0.39, 0.29) is 5.54 Å². The van der Waals surface area contributed by atoms with Crippen LogP contribution in [0.3, 0.4) is 0 Å². The van der Waals surface area contributed by atoms with Crippen molar-refractivity contribution in [1.82, 2.24) is 0 Å². The predicted octanol–water partition coefficient (Wildman–Crippen LogP) is 2.85. The van der Waals surface area contributed by atoms with E-state index in [4.69, 9.17) is 5.73 Å². The van der Waals surface area contributed by atoms with Crippen molar-refractivity contribution >= 4 is 0 Å². The number of hydrogen-bond acceptors (Lipinski definition) is 1. The first-order valence-corrected chi connectivity index (χ1v) is 5.94. The Morgan fingerprint density at radius 2 is 1.80 bits per heavy atom. The molecule has 1 aromatic rings. The molecule has 0 amide bonds. The van der Waals surface area contributed by atoms with Gasteiger partial charge in [-0.2, -0.15) is 0 Å². The average Bonchev–Trinajstić information content (AvgIpc) is 2.15. The van der Waals surface area contributed by atoms with Crippen molar-refractivity contribution in [2.24, 2.45) is 5.73 Å². The summed E-state index contributed by atoms with van der Waals surface area (Å²) in [4.78, 5) is 0. The van der Waals surface area contributed by atoms with E-state index in [1.54, 1.807) is 11.1 Å². The van der Waals surface area contributed by atoms with Gasteiger partial charge in [-0.15, -0.1) is 0 Å². The Labute approximate surface area is 92.7 Å². The number of aryl methyl sites for hydroxylation is 2. The van der Waals surface area contributed by atoms with Crippen LogP contribution in [0, 0.1) is 0 Å². The number of benzene rings is 1. The van der Waals surface area contributed by atoms with Gasteiger partial charge in [0.2, 0.25) is 0 Å². The van der Waals surface area contributed by atoms with Crippen molar-refractivity contribution < 1.29 is 0 Å². The highest BCUT2D eigenvalue weighted by Gasteiger charge is 2.14. The molecule has 0 bridgehead atoms. The maximum Gasteiger partial charge on any atom is 0.0138 e. The average molecular weight is 203 g/mol. The third-order valence-electron chi connectivity index (χ3n) is 3.07. The molecule has 0 radical (unpaired) electrons. The highest BCUT2D eigenvalue weighted by atomic mass is 14.7. The fourth-order valence-electron chi connectivity index (χ4n) is 2.42. The Morgan fingerprint density at radius 1 is 1.13 bits per heavy atom. The molecule has 0 fully saturated rings. The van der Waals surface area contributed by atoms with E-state index in [2.05, 4.69) is 32.0 Å². The van der Waals surface area contributed by atoms with E-state index in [0.29, 0.717) is 0 Å². The molecule has 2 rings (SSSR count). The minimum atomic E-state index is -0.0943. The smallest absolute Gasteiger partial charge is 0.0138 e. The Bertz CT molecular complexity index is 347. The number of hydrogen-bond donors (Lipinski definition) is 1. The van der Waals surface area contributed by atoms with E-state index in [1.165, 1.54) is 31.2 Å². The lowest BCUT2D eigenvalue weighted by atomic mass is 9.88. The molecule has 1 aromatic carbocycles. The molecule has 0 saturated carbocycles. The van der Waals surface area contributed by atoms with Gasteiger partial charge in [-0.1, -0.05) is 18.2 Å². The molecule has 0 aliphatic heterocycles. The highest BCUT2D eigenvalue weighted by molar-refractivity contribution is 5.34. The molecule has 1 nitrogen and oxygen atoms in total. The Kier molecular flexibility index (Phi) is 2.83. The number of nitrogens with two attached hydrogens (primary N) is 1. The molecular formula is C14H21N. The standard InChI is InChI=1S/C14H21N/c1-14(2,15)10-11-7-8-12-5-3-4-6-13(12)9-11/h7-9H,3-6,10,15H2,1-2H3. The van der Waals surface area contributed by atoms with Crippen molar-refractivity contribution in [1.29, 1.82) is 0 Å². The van der Waals surface area contributed by atoms with Crippen LogP contribution in [0.2, 0.25) is 0 Å². The molecule has 15 heavy (non-hydrogen) atoms. The minimum Gasteiger partial charge on any atom is -0.325 e. The summed E-state index contributed by atoms with van der Waals surface area (Å²) < 4.78 is 0. The molecule has 1 heteroatoms. The summed E-state index contributed by atoms with van der Waals surface area (Å²) in [7, 11) is 0. The van der Waals surface area contributed by atoms with Crippen molar-refractivity contribution in [2.45, 2.75) is 51.5 Å². The minimum absolute atomic E-state index is 0.0943. The molecule has 0 spiro atoms. The van der Waals surface area contributed by atoms with Gasteiger partial charge in [-0.25, -0.2) is 0 Å². The van der Waals surface area contributed by atoms with Crippen molar-refractivity contribution in [3.05, 3.63) is 34.9 Å². The van der Waals surface area contributed by atoms with E-state index in [1.807, 2.05) is 0 Å². The topological polar surface area (TPSA) is 26.0 Å². The fraction of sp³-hybridized carbons (Fsp3) is 0.571. The van der Waals surface area contributed by atoms with E-state index < -0.39 is 0 Å². The summed E-state index contributed by atoms with van der Waals surface area (Å²) in [6, 6.07) is 6.91. The quantitative estimate of drug-likeness (QED) is 0.786. The van der Waals surface area contributed by atoms with Crippen molar-refractivity contribution in [3.63, 3.8) is 0 Å². The summed E-state index contributed by atoms with van der Waals surface area (Å²) >= 11 is 0. The molecular weight excluding hydrogens is 182 g/mol. The normalized spacial score (nSPS) is 16.2. The first kappa shape index (κ1) is 10.7. The molecule has 2 N–H and O–H groups in total. The zero-order valence-electron chi connectivity index (χ0n) is 9.84. The van der Waals surface area contributed by atoms with Gasteiger partial charge in [-0.3, -0.25) is 0 Å². The summed E-state index contributed by atoms with van der Waals surface area (Å²) in [5.41, 5.74) is 10.5. The first-order chi connectivity index (χ1) is 7.04. The molecule has 0 unspecified atom stereocenters. The molecule has 0 atom stereocenters. The second kappa shape index (κ2) is 3.97. The van der Waals surface area contributed by atoms with Crippen LogP contribution in [0.5, 0.6) is 0 Å². The Balaban J connectivity index is 2.21. The molecule has 0 saturated heterocycles. The van der Waals surface area contributed by atoms with Crippen LogP contribution in [0.1, 0.15) is 43.4 Å². The zero-order chi connectivity index (χ0) is 10.9.